The first-order chi connectivity index (χ1) is 12.1. The smallest absolute Gasteiger partial charge is 0.0233 e. The van der Waals surface area contributed by atoms with Gasteiger partial charge >= 0.3 is 0 Å². The summed E-state index contributed by atoms with van der Waals surface area (Å²) in [6.45, 7) is 8.74. The van der Waals surface area contributed by atoms with E-state index in [0.29, 0.717) is 0 Å². The van der Waals surface area contributed by atoms with E-state index < -0.39 is 0 Å². The van der Waals surface area contributed by atoms with Crippen LogP contribution in [0.4, 0.5) is 0 Å². The van der Waals surface area contributed by atoms with E-state index in [1.165, 1.54) is 89.0 Å². The van der Waals surface area contributed by atoms with Crippen molar-refractivity contribution in [3.8, 4) is 0 Å². The number of hydrogen-bond acceptors (Lipinski definition) is 0. The molecule has 0 aromatic rings. The molecular weight excluding hydrogens is 300 g/mol. The van der Waals surface area contributed by atoms with Gasteiger partial charge in [-0.3, -0.25) is 0 Å². The molecule has 0 N–H and O–H groups in total. The van der Waals surface area contributed by atoms with Gasteiger partial charge in [0.05, 0.1) is 0 Å². The van der Waals surface area contributed by atoms with Crippen LogP contribution >= 0.6 is 0 Å². The largest absolute Gasteiger partial charge is 0.100 e. The van der Waals surface area contributed by atoms with Crippen LogP contribution in [0.2, 0.25) is 0 Å². The van der Waals surface area contributed by atoms with E-state index in [9.17, 15) is 0 Å². The molecule has 3 aliphatic rings. The maximum Gasteiger partial charge on any atom is -0.0233 e. The minimum Gasteiger partial charge on any atom is -0.100 e. The summed E-state index contributed by atoms with van der Waals surface area (Å²) in [5.41, 5.74) is 1.39. The van der Waals surface area contributed by atoms with E-state index in [0.717, 1.165) is 35.5 Å². The molecule has 0 bridgehead atoms. The molecule has 0 aromatic heterocycles. The average Bonchev–Trinajstić information content (AvgIpc) is 2.62. The molecule has 0 aliphatic heterocycles. The fourth-order valence-electron chi connectivity index (χ4n) is 5.96. The van der Waals surface area contributed by atoms with Gasteiger partial charge in [0.2, 0.25) is 0 Å². The molecule has 0 atom stereocenters. The van der Waals surface area contributed by atoms with Crippen molar-refractivity contribution in [2.45, 2.75) is 97.3 Å². The Hall–Kier alpha value is -0.520. The Morgan fingerprint density at radius 1 is 0.720 bits per heavy atom. The van der Waals surface area contributed by atoms with Gasteiger partial charge in [0.15, 0.2) is 0 Å². The molecule has 25 heavy (non-hydrogen) atoms. The summed E-state index contributed by atoms with van der Waals surface area (Å²) in [4.78, 5) is 0. The van der Waals surface area contributed by atoms with E-state index in [-0.39, 0.29) is 0 Å². The molecule has 0 heterocycles. The van der Waals surface area contributed by atoms with Crippen molar-refractivity contribution >= 4 is 0 Å². The van der Waals surface area contributed by atoms with Gasteiger partial charge < -0.3 is 0 Å². The van der Waals surface area contributed by atoms with Crippen LogP contribution < -0.4 is 0 Å². The molecule has 3 fully saturated rings. The first-order valence-corrected chi connectivity index (χ1v) is 11.4. The minimum absolute atomic E-state index is 0.898. The van der Waals surface area contributed by atoms with Gasteiger partial charge in [-0.25, -0.2) is 0 Å². The zero-order valence-electron chi connectivity index (χ0n) is 17.0. The van der Waals surface area contributed by atoms with Crippen molar-refractivity contribution in [3.05, 3.63) is 24.3 Å². The second-order valence-electron chi connectivity index (χ2n) is 10.0. The predicted octanol–water partition coefficient (Wildman–Crippen LogP) is 7.95. The molecule has 3 aliphatic carbocycles. The Morgan fingerprint density at radius 2 is 1.16 bits per heavy atom. The molecule has 3 saturated carbocycles. The molecule has 0 aromatic carbocycles. The molecule has 0 amide bonds. The van der Waals surface area contributed by atoms with E-state index in [2.05, 4.69) is 32.6 Å². The first-order valence-electron chi connectivity index (χ1n) is 11.4. The summed E-state index contributed by atoms with van der Waals surface area (Å²) >= 11 is 0. The highest BCUT2D eigenvalue weighted by molar-refractivity contribution is 4.97. The lowest BCUT2D eigenvalue weighted by Gasteiger charge is -2.37. The Morgan fingerprint density at radius 3 is 1.64 bits per heavy atom. The Balaban J connectivity index is 1.35. The standard InChI is InChI=1S/C25H42/c1-19(2)18-23-12-16-25(17-13-23)24-14-10-22(11-15-24)9-8-21-6-4-20(3)5-7-21/h8-9,20-25H,1,4-7,10-18H2,2-3H3/b9-8+. The maximum absolute atomic E-state index is 4.11. The fraction of sp³-hybridized carbons (Fsp3) is 0.840. The molecular formula is C25H42. The van der Waals surface area contributed by atoms with Gasteiger partial charge in [-0.2, -0.15) is 0 Å². The van der Waals surface area contributed by atoms with Crippen LogP contribution in [-0.4, -0.2) is 0 Å². The minimum atomic E-state index is 0.898. The fourth-order valence-corrected chi connectivity index (χ4v) is 5.96. The van der Waals surface area contributed by atoms with Crippen molar-refractivity contribution in [2.24, 2.45) is 35.5 Å². The van der Waals surface area contributed by atoms with Crippen LogP contribution in [0.15, 0.2) is 24.3 Å². The lowest BCUT2D eigenvalue weighted by Crippen LogP contribution is -2.25. The second kappa shape index (κ2) is 9.43. The summed E-state index contributed by atoms with van der Waals surface area (Å²) in [5.74, 6) is 5.82. The molecule has 0 unspecified atom stereocenters. The van der Waals surface area contributed by atoms with Crippen molar-refractivity contribution in [3.63, 3.8) is 0 Å². The van der Waals surface area contributed by atoms with Crippen LogP contribution in [0.1, 0.15) is 97.3 Å². The third kappa shape index (κ3) is 6.00. The van der Waals surface area contributed by atoms with Crippen LogP contribution in [0.3, 0.4) is 0 Å². The van der Waals surface area contributed by atoms with Gasteiger partial charge in [0.25, 0.3) is 0 Å². The predicted molar refractivity (Wildman–Crippen MR) is 111 cm³/mol. The topological polar surface area (TPSA) is 0 Å². The number of rotatable bonds is 5. The summed E-state index contributed by atoms with van der Waals surface area (Å²) in [7, 11) is 0. The van der Waals surface area contributed by atoms with Crippen molar-refractivity contribution < 1.29 is 0 Å². The Labute approximate surface area is 157 Å². The van der Waals surface area contributed by atoms with Gasteiger partial charge in [0.1, 0.15) is 0 Å². The Kier molecular flexibility index (Phi) is 7.26. The Bertz CT molecular complexity index is 421. The van der Waals surface area contributed by atoms with Gasteiger partial charge in [-0.1, -0.05) is 37.5 Å². The monoisotopic (exact) mass is 342 g/mol. The molecule has 3 rings (SSSR count). The molecule has 0 nitrogen and oxygen atoms in total. The quantitative estimate of drug-likeness (QED) is 0.445. The van der Waals surface area contributed by atoms with E-state index in [1.807, 2.05) is 0 Å². The van der Waals surface area contributed by atoms with Crippen LogP contribution in [0, 0.1) is 35.5 Å². The first kappa shape index (κ1) is 19.2. The summed E-state index contributed by atoms with van der Waals surface area (Å²) in [6.07, 6.45) is 24.2. The lowest BCUT2D eigenvalue weighted by atomic mass is 9.68. The molecule has 0 spiro atoms. The molecule has 142 valence electrons. The second-order valence-corrected chi connectivity index (χ2v) is 10.0. The molecule has 0 saturated heterocycles. The SMILES string of the molecule is C=C(C)CC1CCC(C2CCC(/C=C/C3CCC(C)CC3)CC2)CC1. The lowest BCUT2D eigenvalue weighted by molar-refractivity contribution is 0.155. The van der Waals surface area contributed by atoms with Crippen molar-refractivity contribution in [1.29, 1.82) is 0 Å². The van der Waals surface area contributed by atoms with Crippen LogP contribution in [0.25, 0.3) is 0 Å². The average molecular weight is 343 g/mol. The highest BCUT2D eigenvalue weighted by Gasteiger charge is 2.30. The van der Waals surface area contributed by atoms with E-state index >= 15 is 0 Å². The summed E-state index contributed by atoms with van der Waals surface area (Å²) in [6, 6.07) is 0. The maximum atomic E-state index is 4.11. The third-order valence-electron chi connectivity index (χ3n) is 7.73. The molecule has 0 heteroatoms. The zero-order chi connectivity index (χ0) is 17.6. The summed E-state index contributed by atoms with van der Waals surface area (Å²) < 4.78 is 0. The zero-order valence-corrected chi connectivity index (χ0v) is 17.0. The van der Waals surface area contributed by atoms with Crippen molar-refractivity contribution in [1.82, 2.24) is 0 Å². The van der Waals surface area contributed by atoms with E-state index in [1.54, 1.807) is 0 Å². The number of allylic oxidation sites excluding steroid dienone is 3. The van der Waals surface area contributed by atoms with Gasteiger partial charge in [-0.05, 0) is 113 Å². The summed E-state index contributed by atoms with van der Waals surface area (Å²) in [5, 5.41) is 0. The number of hydrogen-bond donors (Lipinski definition) is 0. The van der Waals surface area contributed by atoms with Crippen molar-refractivity contribution in [2.75, 3.05) is 0 Å². The van der Waals surface area contributed by atoms with Crippen LogP contribution in [-0.2, 0) is 0 Å². The van der Waals surface area contributed by atoms with Gasteiger partial charge in [-0.15, -0.1) is 6.58 Å². The van der Waals surface area contributed by atoms with Crippen LogP contribution in [0.5, 0.6) is 0 Å². The van der Waals surface area contributed by atoms with E-state index in [4.69, 9.17) is 0 Å². The molecule has 0 radical (unpaired) electrons. The third-order valence-corrected chi connectivity index (χ3v) is 7.73. The highest BCUT2D eigenvalue weighted by atomic mass is 14.4. The normalized spacial score (nSPS) is 40.2. The highest BCUT2D eigenvalue weighted by Crippen LogP contribution is 2.42. The van der Waals surface area contributed by atoms with Gasteiger partial charge in [0, 0.05) is 0 Å².